The Labute approximate surface area is 105 Å². The molecule has 0 aliphatic heterocycles. The molecule has 4 nitrogen and oxygen atoms in total. The van der Waals surface area contributed by atoms with Crippen LogP contribution in [-0.4, -0.2) is 45.1 Å². The molecule has 0 aromatic carbocycles. The minimum Gasteiger partial charge on any atom is -0.396 e. The van der Waals surface area contributed by atoms with Gasteiger partial charge in [-0.3, -0.25) is 9.59 Å². The monoisotopic (exact) mass is 268 g/mol. The van der Waals surface area contributed by atoms with Crippen LogP contribution in [-0.2, 0) is 9.59 Å². The lowest BCUT2D eigenvalue weighted by Crippen LogP contribution is -2.26. The number of alkyl halides is 1. The fraction of sp³-hybridized carbons (Fsp3) is 0.800. The van der Waals surface area contributed by atoms with Gasteiger partial charge in [0.1, 0.15) is 11.6 Å². The van der Waals surface area contributed by atoms with E-state index >= 15 is 0 Å². The Balaban J connectivity index is 3.99. The van der Waals surface area contributed by atoms with Crippen LogP contribution < -0.4 is 0 Å². The summed E-state index contributed by atoms with van der Waals surface area (Å²) < 4.78 is 0. The molecule has 0 aromatic heterocycles. The summed E-state index contributed by atoms with van der Waals surface area (Å²) in [6.45, 7) is 1.21. The van der Waals surface area contributed by atoms with Crippen molar-refractivity contribution in [1.29, 1.82) is 0 Å². The minimum absolute atomic E-state index is 0.0578. The fourth-order valence-corrected chi connectivity index (χ4v) is 1.57. The zero-order valence-electron chi connectivity index (χ0n) is 9.10. The quantitative estimate of drug-likeness (QED) is 0.445. The third-order valence-corrected chi connectivity index (χ3v) is 3.16. The Morgan fingerprint density at radius 1 is 1.44 bits per heavy atom. The maximum atomic E-state index is 11.4. The van der Waals surface area contributed by atoms with E-state index in [4.69, 9.17) is 16.7 Å². The van der Waals surface area contributed by atoms with Crippen LogP contribution in [0.5, 0.6) is 0 Å². The van der Waals surface area contributed by atoms with E-state index < -0.39 is 16.7 Å². The largest absolute Gasteiger partial charge is 0.396 e. The van der Waals surface area contributed by atoms with E-state index in [0.29, 0.717) is 0 Å². The van der Waals surface area contributed by atoms with Crippen LogP contribution in [0.15, 0.2) is 0 Å². The summed E-state index contributed by atoms with van der Waals surface area (Å²) in [5.74, 6) is -0.483. The Morgan fingerprint density at radius 3 is 2.44 bits per heavy atom. The summed E-state index contributed by atoms with van der Waals surface area (Å²) in [4.78, 5) is 22.2. The smallest absolute Gasteiger partial charge is 0.148 e. The van der Waals surface area contributed by atoms with Crippen LogP contribution in [0.2, 0.25) is 0 Å². The molecule has 16 heavy (non-hydrogen) atoms. The number of ketones is 2. The van der Waals surface area contributed by atoms with Crippen molar-refractivity contribution in [3.63, 3.8) is 0 Å². The predicted molar refractivity (Wildman–Crippen MR) is 65.0 cm³/mol. The van der Waals surface area contributed by atoms with Crippen LogP contribution in [0, 0.1) is 0 Å². The second-order valence-corrected chi connectivity index (χ2v) is 4.82. The molecule has 3 atom stereocenters. The lowest BCUT2D eigenvalue weighted by molar-refractivity contribution is -0.122. The average Bonchev–Trinajstić information content (AvgIpc) is 2.17. The van der Waals surface area contributed by atoms with Gasteiger partial charge in [-0.25, -0.2) is 0 Å². The van der Waals surface area contributed by atoms with Gasteiger partial charge in [0.25, 0.3) is 0 Å². The number of hydrogen-bond acceptors (Lipinski definition) is 5. The normalized spacial score (nSPS) is 16.6. The van der Waals surface area contributed by atoms with E-state index in [-0.39, 0.29) is 37.4 Å². The molecule has 0 radical (unpaired) electrons. The van der Waals surface area contributed by atoms with Gasteiger partial charge in [0.05, 0.1) is 16.7 Å². The standard InChI is InChI=1S/C10H17ClO4S/c1-6(13)8(11)4-7(14)5-9(15)10(16)2-3-12/h7-8,10,12,14,16H,2-5H2,1H3. The van der Waals surface area contributed by atoms with Gasteiger partial charge in [0, 0.05) is 13.0 Å². The van der Waals surface area contributed by atoms with Crippen molar-refractivity contribution in [2.75, 3.05) is 6.61 Å². The summed E-state index contributed by atoms with van der Waals surface area (Å²) in [6, 6.07) is 0. The number of rotatable bonds is 8. The zero-order chi connectivity index (χ0) is 12.7. The minimum atomic E-state index is -0.938. The highest BCUT2D eigenvalue weighted by Crippen LogP contribution is 2.13. The second-order valence-electron chi connectivity index (χ2n) is 3.67. The molecule has 0 heterocycles. The van der Waals surface area contributed by atoms with E-state index in [1.807, 2.05) is 0 Å². The molecule has 2 N–H and O–H groups in total. The highest BCUT2D eigenvalue weighted by molar-refractivity contribution is 7.81. The van der Waals surface area contributed by atoms with Crippen molar-refractivity contribution in [2.24, 2.45) is 0 Å². The van der Waals surface area contributed by atoms with Gasteiger partial charge < -0.3 is 10.2 Å². The van der Waals surface area contributed by atoms with Crippen molar-refractivity contribution in [2.45, 2.75) is 42.9 Å². The van der Waals surface area contributed by atoms with Gasteiger partial charge in [-0.05, 0) is 19.8 Å². The lowest BCUT2D eigenvalue weighted by Gasteiger charge is -2.14. The number of halogens is 1. The molecule has 0 spiro atoms. The number of aliphatic hydroxyl groups excluding tert-OH is 2. The van der Waals surface area contributed by atoms with Crippen molar-refractivity contribution in [3.8, 4) is 0 Å². The Hall–Kier alpha value is -0.100. The first-order valence-corrected chi connectivity index (χ1v) is 5.98. The Kier molecular flexibility index (Phi) is 8.01. The molecule has 0 saturated carbocycles. The highest BCUT2D eigenvalue weighted by atomic mass is 35.5. The van der Waals surface area contributed by atoms with Crippen molar-refractivity contribution >= 4 is 35.8 Å². The molecule has 0 saturated heterocycles. The number of Topliss-reactive ketones (excluding diaryl/α,β-unsaturated/α-hetero) is 2. The maximum absolute atomic E-state index is 11.4. The first-order valence-electron chi connectivity index (χ1n) is 5.02. The number of carbonyl (C=O) groups is 2. The molecule has 0 bridgehead atoms. The van der Waals surface area contributed by atoms with Gasteiger partial charge in [0.2, 0.25) is 0 Å². The first kappa shape index (κ1) is 15.9. The molecule has 94 valence electrons. The third-order valence-electron chi connectivity index (χ3n) is 2.13. The summed E-state index contributed by atoms with van der Waals surface area (Å²) in [5, 5.41) is 16.8. The third kappa shape index (κ3) is 6.48. The van der Waals surface area contributed by atoms with Crippen molar-refractivity contribution in [1.82, 2.24) is 0 Å². The number of thiol groups is 1. The molecule has 0 aliphatic carbocycles. The second kappa shape index (κ2) is 8.06. The lowest BCUT2D eigenvalue weighted by atomic mass is 10.0. The molecule has 0 rings (SSSR count). The number of carbonyl (C=O) groups excluding carboxylic acids is 2. The molecular weight excluding hydrogens is 252 g/mol. The maximum Gasteiger partial charge on any atom is 0.148 e. The molecule has 0 aromatic rings. The van der Waals surface area contributed by atoms with Gasteiger partial charge in [0.15, 0.2) is 0 Å². The summed E-state index contributed by atoms with van der Waals surface area (Å²) in [5.41, 5.74) is 0. The molecule has 3 unspecified atom stereocenters. The SMILES string of the molecule is CC(=O)C(Cl)CC(O)CC(=O)C(S)CCO. The van der Waals surface area contributed by atoms with E-state index in [1.54, 1.807) is 0 Å². The fourth-order valence-electron chi connectivity index (χ4n) is 1.14. The number of aliphatic hydroxyl groups is 2. The van der Waals surface area contributed by atoms with Crippen molar-refractivity contribution < 1.29 is 19.8 Å². The molecule has 0 aliphatic rings. The number of hydrogen-bond donors (Lipinski definition) is 3. The summed E-state index contributed by atoms with van der Waals surface area (Å²) in [6.07, 6.45) is -0.717. The zero-order valence-corrected chi connectivity index (χ0v) is 10.7. The van der Waals surface area contributed by atoms with Gasteiger partial charge >= 0.3 is 0 Å². The molecular formula is C10H17ClO4S. The van der Waals surface area contributed by atoms with Crippen LogP contribution in [0.4, 0.5) is 0 Å². The summed E-state index contributed by atoms with van der Waals surface area (Å²) in [7, 11) is 0. The van der Waals surface area contributed by atoms with E-state index in [2.05, 4.69) is 12.6 Å². The highest BCUT2D eigenvalue weighted by Gasteiger charge is 2.21. The van der Waals surface area contributed by atoms with Gasteiger partial charge in [-0.2, -0.15) is 12.6 Å². The summed E-state index contributed by atoms with van der Waals surface area (Å²) >= 11 is 9.65. The first-order chi connectivity index (χ1) is 7.38. The van der Waals surface area contributed by atoms with Gasteiger partial charge in [-0.15, -0.1) is 11.6 Å². The van der Waals surface area contributed by atoms with Crippen LogP contribution >= 0.6 is 24.2 Å². The van der Waals surface area contributed by atoms with E-state index in [1.165, 1.54) is 6.92 Å². The topological polar surface area (TPSA) is 74.6 Å². The molecule has 0 fully saturated rings. The van der Waals surface area contributed by atoms with Crippen molar-refractivity contribution in [3.05, 3.63) is 0 Å². The van der Waals surface area contributed by atoms with E-state index in [0.717, 1.165) is 0 Å². The Morgan fingerprint density at radius 2 is 2.00 bits per heavy atom. The molecule has 0 amide bonds. The van der Waals surface area contributed by atoms with Gasteiger partial charge in [-0.1, -0.05) is 0 Å². The Bertz CT molecular complexity index is 247. The molecule has 6 heteroatoms. The van der Waals surface area contributed by atoms with Crippen LogP contribution in [0.1, 0.15) is 26.2 Å². The van der Waals surface area contributed by atoms with E-state index in [9.17, 15) is 14.7 Å². The predicted octanol–water partition coefficient (Wildman–Crippen LogP) is 0.574. The van der Waals surface area contributed by atoms with Crippen LogP contribution in [0.25, 0.3) is 0 Å². The van der Waals surface area contributed by atoms with Crippen LogP contribution in [0.3, 0.4) is 0 Å². The average molecular weight is 269 g/mol.